The summed E-state index contributed by atoms with van der Waals surface area (Å²) in [6.45, 7) is 8.60. The summed E-state index contributed by atoms with van der Waals surface area (Å²) in [4.78, 5) is 20.0. The minimum atomic E-state index is -0.412. The number of hydrogen-bond acceptors (Lipinski definition) is 6. The molecule has 1 aromatic heterocycles. The number of benzene rings is 2. The third-order valence-corrected chi connectivity index (χ3v) is 4.68. The Morgan fingerprint density at radius 2 is 1.79 bits per heavy atom. The molecule has 0 saturated carbocycles. The molecule has 0 bridgehead atoms. The van der Waals surface area contributed by atoms with Crippen LogP contribution in [0.5, 0.6) is 5.75 Å². The van der Waals surface area contributed by atoms with Gasteiger partial charge >= 0.3 is 5.97 Å². The fourth-order valence-electron chi connectivity index (χ4n) is 3.26. The Balaban J connectivity index is 0.000000446. The summed E-state index contributed by atoms with van der Waals surface area (Å²) in [6.07, 6.45) is 0.455. The molecule has 0 fully saturated rings. The predicted molar refractivity (Wildman–Crippen MR) is 136 cm³/mol. The van der Waals surface area contributed by atoms with Gasteiger partial charge in [-0.2, -0.15) is 5.26 Å². The molecule has 0 radical (unpaired) electrons. The molecule has 0 aliphatic carbocycles. The lowest BCUT2D eigenvalue weighted by atomic mass is 10.1. The molecule has 182 valence electrons. The van der Waals surface area contributed by atoms with Gasteiger partial charge in [-0.15, -0.1) is 0 Å². The van der Waals surface area contributed by atoms with Gasteiger partial charge in [0.15, 0.2) is 0 Å². The molecule has 0 unspecified atom stereocenters. The molecule has 8 nitrogen and oxygen atoms in total. The Labute approximate surface area is 201 Å². The topological polar surface area (TPSA) is 105 Å². The van der Waals surface area contributed by atoms with Crippen molar-refractivity contribution >= 4 is 29.0 Å². The van der Waals surface area contributed by atoms with Crippen molar-refractivity contribution in [2.45, 2.75) is 27.7 Å². The summed E-state index contributed by atoms with van der Waals surface area (Å²) in [7, 11) is 3.88. The van der Waals surface area contributed by atoms with E-state index in [2.05, 4.69) is 26.0 Å². The number of ether oxygens (including phenoxy) is 2. The number of amides is 1. The van der Waals surface area contributed by atoms with Crippen LogP contribution >= 0.6 is 0 Å². The highest BCUT2D eigenvalue weighted by atomic mass is 16.5. The second-order valence-corrected chi connectivity index (χ2v) is 6.64. The minimum absolute atomic E-state index is 0.0443. The van der Waals surface area contributed by atoms with Crippen LogP contribution in [0.15, 0.2) is 42.5 Å². The van der Waals surface area contributed by atoms with E-state index in [1.807, 2.05) is 77.3 Å². The van der Waals surface area contributed by atoms with Crippen molar-refractivity contribution in [2.24, 2.45) is 7.05 Å². The highest BCUT2D eigenvalue weighted by Gasteiger charge is 2.17. The van der Waals surface area contributed by atoms with Gasteiger partial charge in [0.05, 0.1) is 30.0 Å². The number of aryl methyl sites for hydroxylation is 1. The van der Waals surface area contributed by atoms with E-state index in [4.69, 9.17) is 4.74 Å². The molecular formula is C26H34N4O4. The smallest absolute Gasteiger partial charge is 0.325 e. The summed E-state index contributed by atoms with van der Waals surface area (Å²) in [5.41, 5.74) is 4.70. The zero-order valence-electron chi connectivity index (χ0n) is 20.8. The van der Waals surface area contributed by atoms with Gasteiger partial charge in [0.1, 0.15) is 18.4 Å². The summed E-state index contributed by atoms with van der Waals surface area (Å²) in [6, 6.07) is 16.3. The highest BCUT2D eigenvalue weighted by molar-refractivity contribution is 5.95. The molecule has 1 heterocycles. The molecule has 1 amide bonds. The summed E-state index contributed by atoms with van der Waals surface area (Å²) in [5, 5.41) is 15.9. The average Bonchev–Trinajstić information content (AvgIpc) is 3.15. The van der Waals surface area contributed by atoms with E-state index in [0.717, 1.165) is 33.6 Å². The summed E-state index contributed by atoms with van der Waals surface area (Å²) in [5.74, 6) is 0.409. The van der Waals surface area contributed by atoms with Crippen molar-refractivity contribution in [1.82, 2.24) is 9.88 Å². The number of anilines is 1. The van der Waals surface area contributed by atoms with E-state index < -0.39 is 5.97 Å². The second-order valence-electron chi connectivity index (χ2n) is 6.64. The Morgan fingerprint density at radius 1 is 1.12 bits per heavy atom. The van der Waals surface area contributed by atoms with Crippen LogP contribution in [0.4, 0.5) is 5.69 Å². The van der Waals surface area contributed by atoms with Crippen molar-refractivity contribution in [3.63, 3.8) is 0 Å². The first kappa shape index (κ1) is 28.0. The number of nitrogens with zero attached hydrogens (tertiary/aromatic N) is 2. The zero-order valence-corrected chi connectivity index (χ0v) is 20.8. The number of nitriles is 1. The van der Waals surface area contributed by atoms with Gasteiger partial charge < -0.3 is 24.7 Å². The normalized spacial score (nSPS) is 9.44. The van der Waals surface area contributed by atoms with Crippen LogP contribution < -0.4 is 15.4 Å². The summed E-state index contributed by atoms with van der Waals surface area (Å²) >= 11 is 0. The van der Waals surface area contributed by atoms with Crippen LogP contribution in [0.25, 0.3) is 22.2 Å². The van der Waals surface area contributed by atoms with Crippen LogP contribution in [0.2, 0.25) is 0 Å². The maximum atomic E-state index is 10.4. The van der Waals surface area contributed by atoms with Gasteiger partial charge in [0.2, 0.25) is 6.41 Å². The number of hydrogen-bond donors (Lipinski definition) is 2. The first-order chi connectivity index (χ1) is 16.5. The quantitative estimate of drug-likeness (QED) is 0.375. The number of carbonyl (C=O) groups excluding carboxylic acids is 2. The molecule has 0 aliphatic heterocycles. The number of carbonyl (C=O) groups is 2. The van der Waals surface area contributed by atoms with Gasteiger partial charge in [-0.3, -0.25) is 9.59 Å². The average molecular weight is 467 g/mol. The molecule has 2 aromatic carbocycles. The third kappa shape index (κ3) is 7.27. The van der Waals surface area contributed by atoms with Crippen LogP contribution in [0.1, 0.15) is 33.3 Å². The second kappa shape index (κ2) is 15.0. The highest BCUT2D eigenvalue weighted by Crippen LogP contribution is 2.34. The maximum absolute atomic E-state index is 10.4. The molecule has 2 N–H and O–H groups in total. The lowest BCUT2D eigenvalue weighted by Crippen LogP contribution is -2.23. The first-order valence-electron chi connectivity index (χ1n) is 11.3. The SMILES string of the molecule is CC.CCOC(=O)CNC=O.CCOc1ccc2c(C#N)c(-c3ccc(NC)cc3)n(C)c2c1. The Bertz CT molecular complexity index is 1100. The van der Waals surface area contributed by atoms with E-state index in [1.54, 1.807) is 6.92 Å². The van der Waals surface area contributed by atoms with Gasteiger partial charge in [-0.25, -0.2) is 0 Å². The van der Waals surface area contributed by atoms with E-state index >= 15 is 0 Å². The number of rotatable bonds is 8. The molecule has 8 heteroatoms. The van der Waals surface area contributed by atoms with Crippen molar-refractivity contribution in [2.75, 3.05) is 32.1 Å². The van der Waals surface area contributed by atoms with Gasteiger partial charge in [0.25, 0.3) is 0 Å². The molecule has 34 heavy (non-hydrogen) atoms. The first-order valence-corrected chi connectivity index (χ1v) is 11.3. The lowest BCUT2D eigenvalue weighted by Gasteiger charge is -2.07. The molecule has 0 spiro atoms. The Kier molecular flexibility index (Phi) is 12.3. The fourth-order valence-corrected chi connectivity index (χ4v) is 3.26. The molecular weight excluding hydrogens is 432 g/mol. The van der Waals surface area contributed by atoms with E-state index in [-0.39, 0.29) is 6.54 Å². The van der Waals surface area contributed by atoms with E-state index in [0.29, 0.717) is 25.2 Å². The standard InChI is InChI=1S/C19H19N3O.C5H9NO3.C2H6/c1-4-23-15-9-10-16-17(12-20)19(22(3)18(16)11-15)13-5-7-14(21-2)8-6-13;1-2-9-5(8)3-6-4-7;1-2/h5-11,21H,4H2,1-3H3;4H,2-3H2,1H3,(H,6,7);1-2H3. The largest absolute Gasteiger partial charge is 0.494 e. The monoisotopic (exact) mass is 466 g/mol. The Morgan fingerprint density at radius 3 is 2.32 bits per heavy atom. The number of esters is 1. The van der Waals surface area contributed by atoms with Gasteiger partial charge in [-0.1, -0.05) is 26.0 Å². The van der Waals surface area contributed by atoms with Gasteiger partial charge in [-0.05, 0) is 43.7 Å². The van der Waals surface area contributed by atoms with Crippen molar-refractivity contribution in [3.05, 3.63) is 48.0 Å². The van der Waals surface area contributed by atoms with Crippen molar-refractivity contribution in [3.8, 4) is 23.1 Å². The Hall–Kier alpha value is -3.99. The third-order valence-electron chi connectivity index (χ3n) is 4.68. The number of nitrogens with one attached hydrogen (secondary N) is 2. The molecule has 0 saturated heterocycles. The van der Waals surface area contributed by atoms with Crippen LogP contribution in [0, 0.1) is 11.3 Å². The van der Waals surface area contributed by atoms with Gasteiger partial charge in [0, 0.05) is 31.2 Å². The lowest BCUT2D eigenvalue weighted by molar-refractivity contribution is -0.142. The molecule has 3 rings (SSSR count). The van der Waals surface area contributed by atoms with Crippen molar-refractivity contribution in [1.29, 1.82) is 5.26 Å². The minimum Gasteiger partial charge on any atom is -0.494 e. The number of fused-ring (bicyclic) bond motifs is 1. The zero-order chi connectivity index (χ0) is 25.5. The number of aromatic nitrogens is 1. The molecule has 0 aliphatic rings. The van der Waals surface area contributed by atoms with Crippen LogP contribution in [-0.4, -0.2) is 43.8 Å². The van der Waals surface area contributed by atoms with E-state index in [9.17, 15) is 14.9 Å². The van der Waals surface area contributed by atoms with E-state index in [1.165, 1.54) is 0 Å². The van der Waals surface area contributed by atoms with Crippen LogP contribution in [0.3, 0.4) is 0 Å². The molecule has 0 atom stereocenters. The predicted octanol–water partition coefficient (Wildman–Crippen LogP) is 4.48. The van der Waals surface area contributed by atoms with Crippen LogP contribution in [-0.2, 0) is 21.4 Å². The summed E-state index contributed by atoms with van der Waals surface area (Å²) < 4.78 is 12.1. The fraction of sp³-hybridized carbons (Fsp3) is 0.346. The molecule has 3 aromatic rings. The maximum Gasteiger partial charge on any atom is 0.325 e. The van der Waals surface area contributed by atoms with Crippen molar-refractivity contribution < 1.29 is 19.1 Å².